The molecule has 4 rings (SSSR count). The second kappa shape index (κ2) is 9.35. The van der Waals surface area contributed by atoms with Gasteiger partial charge in [-0.25, -0.2) is 9.97 Å². The lowest BCUT2D eigenvalue weighted by atomic mass is 10.1. The van der Waals surface area contributed by atoms with Crippen molar-refractivity contribution in [1.82, 2.24) is 14.5 Å². The highest BCUT2D eigenvalue weighted by Gasteiger charge is 2.24. The lowest BCUT2D eigenvalue weighted by Gasteiger charge is -2.13. The molecule has 0 radical (unpaired) electrons. The molecule has 0 amide bonds. The summed E-state index contributed by atoms with van der Waals surface area (Å²) in [5.41, 5.74) is 5.16. The van der Waals surface area contributed by atoms with Crippen molar-refractivity contribution in [3.8, 4) is 16.8 Å². The first kappa shape index (κ1) is 21.1. The Labute approximate surface area is 186 Å². The second-order valence-corrected chi connectivity index (χ2v) is 8.45. The number of aromatic nitrogens is 3. The molecule has 0 spiro atoms. The van der Waals surface area contributed by atoms with Gasteiger partial charge in [0.05, 0.1) is 12.0 Å². The van der Waals surface area contributed by atoms with Gasteiger partial charge >= 0.3 is 5.97 Å². The predicted octanol–water partition coefficient (Wildman–Crippen LogP) is 5.83. The van der Waals surface area contributed by atoms with Crippen LogP contribution in [0.5, 0.6) is 0 Å². The van der Waals surface area contributed by atoms with Crippen LogP contribution in [0.3, 0.4) is 0 Å². The number of aryl methyl sites for hydroxylation is 1. The number of carbonyl (C=O) groups excluding carboxylic acids is 1. The molecule has 31 heavy (non-hydrogen) atoms. The first-order valence-electron chi connectivity index (χ1n) is 10.4. The van der Waals surface area contributed by atoms with Crippen molar-refractivity contribution < 1.29 is 9.53 Å². The van der Waals surface area contributed by atoms with Gasteiger partial charge < -0.3 is 9.30 Å². The summed E-state index contributed by atoms with van der Waals surface area (Å²) in [5.74, 6) is -0.207. The highest BCUT2D eigenvalue weighted by atomic mass is 32.2. The van der Waals surface area contributed by atoms with Gasteiger partial charge in [0.15, 0.2) is 0 Å². The molecule has 0 saturated carbocycles. The average molecular weight is 432 g/mol. The molecule has 2 aromatic carbocycles. The van der Waals surface area contributed by atoms with Gasteiger partial charge in [0.25, 0.3) is 0 Å². The highest BCUT2D eigenvalue weighted by molar-refractivity contribution is 8.00. The molecule has 0 N–H and O–H groups in total. The molecule has 0 fully saturated rings. The van der Waals surface area contributed by atoms with Gasteiger partial charge in [-0.15, -0.1) is 0 Å². The maximum atomic E-state index is 12.4. The van der Waals surface area contributed by atoms with Gasteiger partial charge in [0.1, 0.15) is 22.3 Å². The molecule has 2 aromatic heterocycles. The van der Waals surface area contributed by atoms with E-state index in [1.165, 1.54) is 17.3 Å². The van der Waals surface area contributed by atoms with Gasteiger partial charge in [-0.3, -0.25) is 4.79 Å². The van der Waals surface area contributed by atoms with Crippen molar-refractivity contribution in [2.24, 2.45) is 0 Å². The van der Waals surface area contributed by atoms with Crippen LogP contribution in [0.1, 0.15) is 25.8 Å². The number of nitrogens with zero attached hydrogens (tertiary/aromatic N) is 3. The van der Waals surface area contributed by atoms with Crippen molar-refractivity contribution in [2.75, 3.05) is 6.61 Å². The number of ether oxygens (including phenoxy) is 1. The van der Waals surface area contributed by atoms with Crippen LogP contribution in [-0.4, -0.2) is 32.4 Å². The third-order valence-electron chi connectivity index (χ3n) is 5.09. The van der Waals surface area contributed by atoms with E-state index in [1.54, 1.807) is 6.33 Å². The van der Waals surface area contributed by atoms with Gasteiger partial charge in [0, 0.05) is 17.4 Å². The molecule has 4 aromatic rings. The van der Waals surface area contributed by atoms with E-state index in [0.29, 0.717) is 13.0 Å². The zero-order valence-electron chi connectivity index (χ0n) is 17.9. The fraction of sp³-hybridized carbons (Fsp3) is 0.240. The molecule has 158 valence electrons. The van der Waals surface area contributed by atoms with Crippen LogP contribution in [0.15, 0.2) is 72.1 Å². The highest BCUT2D eigenvalue weighted by Crippen LogP contribution is 2.38. The van der Waals surface area contributed by atoms with Crippen LogP contribution in [0.25, 0.3) is 27.8 Å². The lowest BCUT2D eigenvalue weighted by molar-refractivity contribution is -0.142. The van der Waals surface area contributed by atoms with E-state index in [2.05, 4.69) is 58.0 Å². The summed E-state index contributed by atoms with van der Waals surface area (Å²) in [6.07, 6.45) is 4.34. The van der Waals surface area contributed by atoms with Crippen LogP contribution in [0, 0.1) is 6.92 Å². The molecule has 5 nitrogen and oxygen atoms in total. The van der Waals surface area contributed by atoms with E-state index in [-0.39, 0.29) is 11.2 Å². The first-order valence-corrected chi connectivity index (χ1v) is 11.3. The Hall–Kier alpha value is -3.12. The Kier molecular flexibility index (Phi) is 6.37. The molecule has 0 unspecified atom stereocenters. The summed E-state index contributed by atoms with van der Waals surface area (Å²) in [6.45, 7) is 6.26. The lowest BCUT2D eigenvalue weighted by Crippen LogP contribution is -2.19. The number of carbonyl (C=O) groups is 1. The van der Waals surface area contributed by atoms with Gasteiger partial charge in [-0.2, -0.15) is 0 Å². The summed E-state index contributed by atoms with van der Waals surface area (Å²) in [4.78, 5) is 21.7. The monoisotopic (exact) mass is 431 g/mol. The van der Waals surface area contributed by atoms with Crippen LogP contribution >= 0.6 is 11.8 Å². The number of fused-ring (bicyclic) bond motifs is 1. The standard InChI is InChI=1S/C25H25N3O2S/c1-4-21(25(29)30-5-2)31-24-22-20(18-11-7-6-8-12-18)15-28(23(22)26-16-27-24)19-13-9-10-17(3)14-19/h6-16,21H,4-5H2,1-3H3/t21-/m0/s1. The summed E-state index contributed by atoms with van der Waals surface area (Å²) in [7, 11) is 0. The topological polar surface area (TPSA) is 57.0 Å². The van der Waals surface area contributed by atoms with Gasteiger partial charge in [-0.1, -0.05) is 61.2 Å². The molecule has 0 aliphatic rings. The fourth-order valence-electron chi connectivity index (χ4n) is 3.60. The maximum Gasteiger partial charge on any atom is 0.319 e. The normalized spacial score (nSPS) is 12.1. The quantitative estimate of drug-likeness (QED) is 0.209. The summed E-state index contributed by atoms with van der Waals surface area (Å²) in [5, 5.41) is 1.42. The zero-order valence-corrected chi connectivity index (χ0v) is 18.7. The van der Waals surface area contributed by atoms with Gasteiger partial charge in [-0.05, 0) is 43.5 Å². The molecule has 2 heterocycles. The minimum Gasteiger partial charge on any atom is -0.465 e. The van der Waals surface area contributed by atoms with Crippen molar-refractivity contribution >= 4 is 28.8 Å². The third kappa shape index (κ3) is 4.35. The Morgan fingerprint density at radius 2 is 1.90 bits per heavy atom. The van der Waals surface area contributed by atoms with E-state index in [0.717, 1.165) is 32.9 Å². The SMILES string of the molecule is CCOC(=O)[C@H](CC)Sc1ncnc2c1c(-c1ccccc1)cn2-c1cccc(C)c1. The second-order valence-electron chi connectivity index (χ2n) is 7.26. The number of rotatable bonds is 7. The zero-order chi connectivity index (χ0) is 21.8. The van der Waals surface area contributed by atoms with E-state index < -0.39 is 0 Å². The van der Waals surface area contributed by atoms with Crippen LogP contribution in [0.4, 0.5) is 0 Å². The molecule has 0 aliphatic heterocycles. The Morgan fingerprint density at radius 1 is 1.10 bits per heavy atom. The predicted molar refractivity (Wildman–Crippen MR) is 126 cm³/mol. The number of esters is 1. The Morgan fingerprint density at radius 3 is 2.61 bits per heavy atom. The van der Waals surface area contributed by atoms with Crippen LogP contribution < -0.4 is 0 Å². The molecular formula is C25H25N3O2S. The number of hydrogen-bond acceptors (Lipinski definition) is 5. The van der Waals surface area contributed by atoms with Crippen molar-refractivity contribution in [3.63, 3.8) is 0 Å². The fourth-order valence-corrected chi connectivity index (χ4v) is 4.63. The average Bonchev–Trinajstić information content (AvgIpc) is 3.19. The number of hydrogen-bond donors (Lipinski definition) is 0. The first-order chi connectivity index (χ1) is 15.1. The largest absolute Gasteiger partial charge is 0.465 e. The third-order valence-corrected chi connectivity index (χ3v) is 6.43. The van der Waals surface area contributed by atoms with E-state index >= 15 is 0 Å². The minimum absolute atomic E-state index is 0.207. The molecule has 6 heteroatoms. The van der Waals surface area contributed by atoms with E-state index in [4.69, 9.17) is 4.74 Å². The number of benzene rings is 2. The molecule has 0 aliphatic carbocycles. The molecule has 0 saturated heterocycles. The molecule has 0 bridgehead atoms. The molecular weight excluding hydrogens is 406 g/mol. The smallest absolute Gasteiger partial charge is 0.319 e. The minimum atomic E-state index is -0.316. The summed E-state index contributed by atoms with van der Waals surface area (Å²) >= 11 is 1.45. The maximum absolute atomic E-state index is 12.4. The van der Waals surface area contributed by atoms with Crippen molar-refractivity contribution in [1.29, 1.82) is 0 Å². The van der Waals surface area contributed by atoms with Crippen molar-refractivity contribution in [3.05, 3.63) is 72.7 Å². The molecule has 1 atom stereocenters. The van der Waals surface area contributed by atoms with Crippen LogP contribution in [-0.2, 0) is 9.53 Å². The van der Waals surface area contributed by atoms with E-state index in [9.17, 15) is 4.79 Å². The summed E-state index contributed by atoms with van der Waals surface area (Å²) < 4.78 is 7.37. The van der Waals surface area contributed by atoms with E-state index in [1.807, 2.05) is 38.1 Å². The van der Waals surface area contributed by atoms with Crippen LogP contribution in [0.2, 0.25) is 0 Å². The summed E-state index contributed by atoms with van der Waals surface area (Å²) in [6, 6.07) is 18.5. The number of thioether (sulfide) groups is 1. The van der Waals surface area contributed by atoms with Gasteiger partial charge in [0.2, 0.25) is 0 Å². The van der Waals surface area contributed by atoms with Crippen molar-refractivity contribution in [2.45, 2.75) is 37.5 Å². The Bertz CT molecular complexity index is 1200. The Balaban J connectivity index is 1.91.